The Morgan fingerprint density at radius 2 is 1.80 bits per heavy atom. The molecule has 2 atom stereocenters. The minimum Gasteiger partial charge on any atom is -0.497 e. The van der Waals surface area contributed by atoms with Gasteiger partial charge in [0.25, 0.3) is 0 Å². The minimum absolute atomic E-state index is 0.115. The molecule has 1 amide bonds. The Balaban J connectivity index is 1.72. The number of likely N-dealkylation sites (tertiary alicyclic amines) is 1. The van der Waals surface area contributed by atoms with Crippen molar-refractivity contribution in [2.24, 2.45) is 5.92 Å². The molecule has 2 aliphatic heterocycles. The molecule has 0 spiro atoms. The second-order valence-electron chi connectivity index (χ2n) is 7.51. The van der Waals surface area contributed by atoms with Crippen LogP contribution in [0, 0.1) is 5.92 Å². The van der Waals surface area contributed by atoms with Crippen molar-refractivity contribution in [2.45, 2.75) is 42.4 Å². The zero-order valence-corrected chi connectivity index (χ0v) is 18.9. The maximum atomic E-state index is 13.2. The number of nitrogens with zero attached hydrogens (tertiary/aromatic N) is 2. The summed E-state index contributed by atoms with van der Waals surface area (Å²) in [6, 6.07) is 5.33. The average molecular weight is 457 g/mol. The van der Waals surface area contributed by atoms with E-state index in [2.05, 4.69) is 12.6 Å². The van der Waals surface area contributed by atoms with Crippen LogP contribution in [0.25, 0.3) is 0 Å². The minimum atomic E-state index is -3.85. The van der Waals surface area contributed by atoms with Crippen LogP contribution in [0.4, 0.5) is 0 Å². The summed E-state index contributed by atoms with van der Waals surface area (Å²) in [5, 5.41) is -0.218. The first-order chi connectivity index (χ1) is 14.3. The summed E-state index contributed by atoms with van der Waals surface area (Å²) >= 11 is 4.45. The molecule has 0 bridgehead atoms. The lowest BCUT2D eigenvalue weighted by molar-refractivity contribution is -0.151. The first-order valence-electron chi connectivity index (χ1n) is 10.1. The van der Waals surface area contributed by atoms with Crippen LogP contribution in [-0.2, 0) is 24.3 Å². The van der Waals surface area contributed by atoms with Crippen LogP contribution >= 0.6 is 12.6 Å². The molecule has 0 radical (unpaired) electrons. The van der Waals surface area contributed by atoms with E-state index in [1.165, 1.54) is 23.5 Å². The standard InChI is InChI=1S/C20H28N2O6S2/c1-3-28-20(24)14-8-10-21(11-9-14)19(23)18-12-16(29)13-22(18)30(25,26)17-6-4-15(27-2)5-7-17/h4-7,14,16,18,29H,3,8-13H2,1-2H3/t16-,18-/m0/s1. The van der Waals surface area contributed by atoms with Gasteiger partial charge in [0.05, 0.1) is 24.5 Å². The van der Waals surface area contributed by atoms with Crippen LogP contribution in [0.5, 0.6) is 5.75 Å². The second kappa shape index (κ2) is 9.57. The Morgan fingerprint density at radius 3 is 2.37 bits per heavy atom. The van der Waals surface area contributed by atoms with Crippen molar-refractivity contribution >= 4 is 34.5 Å². The summed E-state index contributed by atoms with van der Waals surface area (Å²) < 4.78 is 37.8. The number of carbonyl (C=O) groups excluding carboxylic acids is 2. The molecule has 10 heteroatoms. The highest BCUT2D eigenvalue weighted by molar-refractivity contribution is 7.89. The third-order valence-corrected chi connectivity index (χ3v) is 7.87. The Morgan fingerprint density at radius 1 is 1.17 bits per heavy atom. The van der Waals surface area contributed by atoms with Gasteiger partial charge in [-0.1, -0.05) is 0 Å². The fraction of sp³-hybridized carbons (Fsp3) is 0.600. The third-order valence-electron chi connectivity index (χ3n) is 5.61. The first kappa shape index (κ1) is 22.9. The molecule has 0 unspecified atom stereocenters. The van der Waals surface area contributed by atoms with E-state index in [0.717, 1.165) is 0 Å². The molecule has 0 aliphatic carbocycles. The van der Waals surface area contributed by atoms with E-state index >= 15 is 0 Å². The fourth-order valence-electron chi connectivity index (χ4n) is 3.96. The molecule has 8 nitrogen and oxygen atoms in total. The van der Waals surface area contributed by atoms with Gasteiger partial charge in [-0.25, -0.2) is 8.42 Å². The summed E-state index contributed by atoms with van der Waals surface area (Å²) in [4.78, 5) is 26.9. The van der Waals surface area contributed by atoms with Crippen LogP contribution in [-0.4, -0.2) is 74.1 Å². The van der Waals surface area contributed by atoms with Gasteiger partial charge < -0.3 is 14.4 Å². The van der Waals surface area contributed by atoms with Gasteiger partial charge in [-0.15, -0.1) is 0 Å². The quantitative estimate of drug-likeness (QED) is 0.516. The van der Waals surface area contributed by atoms with Gasteiger partial charge in [0.15, 0.2) is 0 Å². The molecule has 2 aliphatic rings. The maximum absolute atomic E-state index is 13.2. The Bertz CT molecular complexity index is 866. The number of methoxy groups -OCH3 is 1. The van der Waals surface area contributed by atoms with Gasteiger partial charge in [0.2, 0.25) is 15.9 Å². The highest BCUT2D eigenvalue weighted by atomic mass is 32.2. The maximum Gasteiger partial charge on any atom is 0.309 e. The number of hydrogen-bond donors (Lipinski definition) is 1. The monoisotopic (exact) mass is 456 g/mol. The van der Waals surface area contributed by atoms with Crippen LogP contribution in [0.1, 0.15) is 26.2 Å². The smallest absolute Gasteiger partial charge is 0.309 e. The number of sulfonamides is 1. The number of thiol groups is 1. The number of ether oxygens (including phenoxy) is 2. The Kier molecular flexibility index (Phi) is 7.30. The topological polar surface area (TPSA) is 93.2 Å². The number of piperidine rings is 1. The second-order valence-corrected chi connectivity index (χ2v) is 10.1. The Labute approximate surface area is 183 Å². The highest BCUT2D eigenvalue weighted by Crippen LogP contribution is 2.31. The molecule has 0 N–H and O–H groups in total. The van der Waals surface area contributed by atoms with Crippen molar-refractivity contribution in [2.75, 3.05) is 33.4 Å². The van der Waals surface area contributed by atoms with E-state index < -0.39 is 16.1 Å². The van der Waals surface area contributed by atoms with Crippen LogP contribution < -0.4 is 4.74 Å². The molecule has 30 heavy (non-hydrogen) atoms. The number of rotatable bonds is 6. The fourth-order valence-corrected chi connectivity index (χ4v) is 6.09. The van der Waals surface area contributed by atoms with Gasteiger partial charge >= 0.3 is 5.97 Å². The van der Waals surface area contributed by atoms with Gasteiger partial charge in [-0.05, 0) is 50.5 Å². The zero-order chi connectivity index (χ0) is 21.9. The Hall–Kier alpha value is -1.78. The molecule has 1 aromatic rings. The molecular formula is C20H28N2O6S2. The molecule has 1 aromatic carbocycles. The summed E-state index contributed by atoms with van der Waals surface area (Å²) in [7, 11) is -2.34. The molecule has 166 valence electrons. The predicted octanol–water partition coefficient (Wildman–Crippen LogP) is 1.56. The largest absolute Gasteiger partial charge is 0.497 e. The van der Waals surface area contributed by atoms with Crippen molar-refractivity contribution in [1.82, 2.24) is 9.21 Å². The van der Waals surface area contributed by atoms with Crippen molar-refractivity contribution < 1.29 is 27.5 Å². The highest BCUT2D eigenvalue weighted by Gasteiger charge is 2.45. The molecule has 2 fully saturated rings. The molecule has 0 saturated carbocycles. The van der Waals surface area contributed by atoms with E-state index in [1.807, 2.05) is 0 Å². The lowest BCUT2D eigenvalue weighted by atomic mass is 9.96. The van der Waals surface area contributed by atoms with Gasteiger partial charge in [-0.2, -0.15) is 16.9 Å². The summed E-state index contributed by atoms with van der Waals surface area (Å²) in [6.45, 7) is 3.09. The van der Waals surface area contributed by atoms with Gasteiger partial charge in [-0.3, -0.25) is 9.59 Å². The van der Waals surface area contributed by atoms with E-state index in [4.69, 9.17) is 9.47 Å². The summed E-state index contributed by atoms with van der Waals surface area (Å²) in [6.07, 6.45) is 1.40. The van der Waals surface area contributed by atoms with Crippen molar-refractivity contribution in [3.05, 3.63) is 24.3 Å². The first-order valence-corrected chi connectivity index (χ1v) is 12.0. The van der Waals surface area contributed by atoms with E-state index in [1.54, 1.807) is 24.0 Å². The molecule has 2 saturated heterocycles. The van der Waals surface area contributed by atoms with Gasteiger partial charge in [0.1, 0.15) is 11.8 Å². The van der Waals surface area contributed by atoms with Crippen molar-refractivity contribution in [1.29, 1.82) is 0 Å². The predicted molar refractivity (Wildman–Crippen MR) is 114 cm³/mol. The molecule has 3 rings (SSSR count). The van der Waals surface area contributed by atoms with Crippen LogP contribution in [0.3, 0.4) is 0 Å². The molecule has 2 heterocycles. The lowest BCUT2D eigenvalue weighted by Crippen LogP contribution is -2.50. The zero-order valence-electron chi connectivity index (χ0n) is 17.2. The molecular weight excluding hydrogens is 428 g/mol. The van der Waals surface area contributed by atoms with Crippen LogP contribution in [0.2, 0.25) is 0 Å². The van der Waals surface area contributed by atoms with E-state index in [0.29, 0.717) is 44.7 Å². The van der Waals surface area contributed by atoms with Crippen molar-refractivity contribution in [3.63, 3.8) is 0 Å². The normalized spacial score (nSPS) is 23.4. The number of esters is 1. The number of amides is 1. The summed E-state index contributed by atoms with van der Waals surface area (Å²) in [5.74, 6) is -0.121. The average Bonchev–Trinajstić information content (AvgIpc) is 3.16. The van der Waals surface area contributed by atoms with E-state index in [-0.39, 0.29) is 34.5 Å². The number of carbonyl (C=O) groups is 2. The summed E-state index contributed by atoms with van der Waals surface area (Å²) in [5.41, 5.74) is 0. The number of benzene rings is 1. The van der Waals surface area contributed by atoms with Crippen LogP contribution in [0.15, 0.2) is 29.2 Å². The molecule has 0 aromatic heterocycles. The lowest BCUT2D eigenvalue weighted by Gasteiger charge is -2.34. The van der Waals surface area contributed by atoms with Gasteiger partial charge in [0, 0.05) is 24.9 Å². The number of hydrogen-bond acceptors (Lipinski definition) is 7. The third kappa shape index (κ3) is 4.76. The van der Waals surface area contributed by atoms with Crippen molar-refractivity contribution in [3.8, 4) is 5.75 Å². The van der Waals surface area contributed by atoms with E-state index in [9.17, 15) is 18.0 Å². The SMILES string of the molecule is CCOC(=O)C1CCN(C(=O)[C@@H]2C[C@H](S)CN2S(=O)(=O)c2ccc(OC)cc2)CC1.